The van der Waals surface area contributed by atoms with Crippen LogP contribution in [0.2, 0.25) is 0 Å². The van der Waals surface area contributed by atoms with Crippen LogP contribution in [0.3, 0.4) is 0 Å². The highest BCUT2D eigenvalue weighted by Gasteiger charge is 1.80. The summed E-state index contributed by atoms with van der Waals surface area (Å²) in [6, 6.07) is -1.20. The second-order valence-corrected chi connectivity index (χ2v) is 2.02. The number of aromatic nitrogens is 2. The number of primary amides is 1. The monoisotopic (exact) mass is 190 g/mol. The van der Waals surface area contributed by atoms with E-state index in [9.17, 15) is 13.2 Å². The Morgan fingerprint density at radius 2 is 2.25 bits per heavy atom. The van der Waals surface area contributed by atoms with Gasteiger partial charge in [-0.25, -0.2) is 9.78 Å². The first-order chi connectivity index (χ1) is 5.63. The molecule has 0 radical (unpaired) electrons. The van der Waals surface area contributed by atoms with Crippen molar-refractivity contribution in [2.24, 2.45) is 10.1 Å². The summed E-state index contributed by atoms with van der Waals surface area (Å²) in [5.41, 5.74) is 4.29. The van der Waals surface area contributed by atoms with Crippen LogP contribution in [0.25, 0.3) is 0 Å². The minimum atomic E-state index is -2.70. The van der Waals surface area contributed by atoms with Crippen LogP contribution < -0.4 is 5.73 Å². The Balaban J connectivity index is 0.000000211. The first-order valence-electron chi connectivity index (χ1n) is 2.66. The van der Waals surface area contributed by atoms with Crippen molar-refractivity contribution in [1.82, 2.24) is 9.97 Å². The number of amides is 2. The van der Waals surface area contributed by atoms with Gasteiger partial charge < -0.3 is 10.7 Å². The van der Waals surface area contributed by atoms with Crippen LogP contribution in [0.15, 0.2) is 23.1 Å². The van der Waals surface area contributed by atoms with Gasteiger partial charge in [0, 0.05) is 12.4 Å². The molecule has 7 nitrogen and oxygen atoms in total. The van der Waals surface area contributed by atoms with E-state index >= 15 is 0 Å². The van der Waals surface area contributed by atoms with Crippen LogP contribution in [-0.2, 0) is 10.5 Å². The Morgan fingerprint density at radius 1 is 1.58 bits per heavy atom. The molecule has 0 aliphatic rings. The summed E-state index contributed by atoms with van der Waals surface area (Å²) in [4.78, 5) is 15.9. The van der Waals surface area contributed by atoms with Crippen LogP contribution in [0.5, 0.6) is 0 Å². The molecule has 66 valence electrons. The van der Waals surface area contributed by atoms with Crippen LogP contribution in [-0.4, -0.2) is 24.4 Å². The number of nitrogens with two attached hydrogens (primary N) is 1. The van der Waals surface area contributed by atoms with E-state index in [2.05, 4.69) is 20.1 Å². The number of carbonyl (C=O) groups excluding carboxylic acids is 1. The highest BCUT2D eigenvalue weighted by atomic mass is 32.2. The van der Waals surface area contributed by atoms with E-state index in [1.54, 1.807) is 18.7 Å². The molecule has 1 heterocycles. The molecule has 0 aliphatic heterocycles. The lowest BCUT2D eigenvalue weighted by Crippen LogP contribution is -2.02. The molecule has 0 spiro atoms. The summed E-state index contributed by atoms with van der Waals surface area (Å²) in [5.74, 6) is 0. The SMILES string of the molecule is NC(=O)N=S(=O)=O.c1c[nH]cn1. The third kappa shape index (κ3) is 8.30. The molecule has 0 aromatic carbocycles. The van der Waals surface area contributed by atoms with Gasteiger partial charge in [-0.1, -0.05) is 4.36 Å². The van der Waals surface area contributed by atoms with Crippen molar-refractivity contribution in [3.8, 4) is 0 Å². The molecule has 0 saturated heterocycles. The smallest absolute Gasteiger partial charge is 0.351 e. The van der Waals surface area contributed by atoms with Crippen molar-refractivity contribution in [3.05, 3.63) is 18.7 Å². The van der Waals surface area contributed by atoms with Gasteiger partial charge in [-0.05, 0) is 0 Å². The maximum Gasteiger partial charge on any atom is 0.353 e. The summed E-state index contributed by atoms with van der Waals surface area (Å²) >= 11 is 0. The number of nitrogens with one attached hydrogen (secondary N) is 1. The molecule has 0 atom stereocenters. The normalized spacial score (nSPS) is 7.67. The summed E-state index contributed by atoms with van der Waals surface area (Å²) < 4.78 is 21.0. The van der Waals surface area contributed by atoms with E-state index in [1.165, 1.54) is 0 Å². The zero-order chi connectivity index (χ0) is 9.40. The van der Waals surface area contributed by atoms with Crippen LogP contribution in [0.1, 0.15) is 0 Å². The third-order valence-corrected chi connectivity index (χ3v) is 0.899. The Bertz CT molecular complexity index is 315. The summed E-state index contributed by atoms with van der Waals surface area (Å²) in [7, 11) is -2.70. The van der Waals surface area contributed by atoms with Crippen molar-refractivity contribution in [1.29, 1.82) is 0 Å². The molecule has 1 rings (SSSR count). The van der Waals surface area contributed by atoms with Gasteiger partial charge in [0.2, 0.25) is 0 Å². The molecule has 0 aliphatic carbocycles. The van der Waals surface area contributed by atoms with Gasteiger partial charge in [-0.3, -0.25) is 0 Å². The predicted molar refractivity (Wildman–Crippen MR) is 39.5 cm³/mol. The molecule has 1 aromatic rings. The molecule has 0 saturated carbocycles. The average Bonchev–Trinajstić information content (AvgIpc) is 2.36. The Kier molecular flexibility index (Phi) is 5.18. The van der Waals surface area contributed by atoms with Crippen molar-refractivity contribution in [2.45, 2.75) is 0 Å². The largest absolute Gasteiger partial charge is 0.353 e. The summed E-state index contributed by atoms with van der Waals surface area (Å²) in [6.07, 6.45) is 5.08. The Morgan fingerprint density at radius 3 is 2.33 bits per heavy atom. The van der Waals surface area contributed by atoms with Gasteiger partial charge in [0.05, 0.1) is 6.33 Å². The van der Waals surface area contributed by atoms with Crippen LogP contribution in [0.4, 0.5) is 4.79 Å². The van der Waals surface area contributed by atoms with E-state index in [0.717, 1.165) is 0 Å². The fraction of sp³-hybridized carbons (Fsp3) is 0. The molecule has 0 bridgehead atoms. The fourth-order valence-corrected chi connectivity index (χ4v) is 0.436. The lowest BCUT2D eigenvalue weighted by Gasteiger charge is -1.64. The Labute approximate surface area is 69.3 Å². The first-order valence-corrected chi connectivity index (χ1v) is 3.69. The van der Waals surface area contributed by atoms with E-state index in [1.807, 2.05) is 0 Å². The fourth-order valence-electron chi connectivity index (χ4n) is 0.289. The summed E-state index contributed by atoms with van der Waals surface area (Å²) in [5, 5.41) is 0. The number of nitrogens with zero attached hydrogens (tertiary/aromatic N) is 2. The highest BCUT2D eigenvalue weighted by molar-refractivity contribution is 7.62. The predicted octanol–water partition coefficient (Wildman–Crippen LogP) is -0.463. The number of urea groups is 1. The van der Waals surface area contributed by atoms with Gasteiger partial charge >= 0.3 is 16.5 Å². The average molecular weight is 190 g/mol. The molecule has 0 fully saturated rings. The first kappa shape index (κ1) is 10.3. The minimum absolute atomic E-state index is 1.20. The maximum atomic E-state index is 9.47. The highest BCUT2D eigenvalue weighted by Crippen LogP contribution is 1.62. The third-order valence-electron chi connectivity index (χ3n) is 0.570. The zero-order valence-corrected chi connectivity index (χ0v) is 6.65. The molecule has 8 heteroatoms. The zero-order valence-electron chi connectivity index (χ0n) is 5.84. The van der Waals surface area contributed by atoms with E-state index in [0.29, 0.717) is 0 Å². The standard InChI is InChI=1S/C3H4N2.CH2N2O3S/c1-2-5-3-4-1;2-1(4)3-7(5)6/h1-3H,(H,4,5);(H2,2,4). The number of carbonyl (C=O) groups is 1. The van der Waals surface area contributed by atoms with Gasteiger partial charge in [0.15, 0.2) is 0 Å². The number of rotatable bonds is 0. The lowest BCUT2D eigenvalue weighted by molar-refractivity contribution is 0.257. The van der Waals surface area contributed by atoms with E-state index < -0.39 is 16.5 Å². The molecule has 3 N–H and O–H groups in total. The van der Waals surface area contributed by atoms with Gasteiger partial charge in [-0.15, -0.1) is 0 Å². The van der Waals surface area contributed by atoms with Gasteiger partial charge in [-0.2, -0.15) is 8.42 Å². The number of imidazole rings is 1. The summed E-state index contributed by atoms with van der Waals surface area (Å²) in [6.45, 7) is 0. The number of hydrogen-bond donors (Lipinski definition) is 2. The van der Waals surface area contributed by atoms with E-state index in [4.69, 9.17) is 0 Å². The minimum Gasteiger partial charge on any atom is -0.351 e. The number of aromatic amines is 1. The van der Waals surface area contributed by atoms with Crippen molar-refractivity contribution in [2.75, 3.05) is 0 Å². The molecular formula is C4H6N4O3S. The van der Waals surface area contributed by atoms with Crippen molar-refractivity contribution < 1.29 is 13.2 Å². The quantitative estimate of drug-likeness (QED) is 0.575. The van der Waals surface area contributed by atoms with Gasteiger partial charge in [0.25, 0.3) is 0 Å². The topological polar surface area (TPSA) is 118 Å². The van der Waals surface area contributed by atoms with Crippen LogP contribution in [0, 0.1) is 0 Å². The lowest BCUT2D eigenvalue weighted by atomic mass is 11.0. The molecule has 0 unspecified atom stereocenters. The molecule has 1 aromatic heterocycles. The maximum absolute atomic E-state index is 9.47. The second-order valence-electron chi connectivity index (χ2n) is 1.41. The molecular weight excluding hydrogens is 184 g/mol. The van der Waals surface area contributed by atoms with E-state index in [-0.39, 0.29) is 0 Å². The number of hydrogen-bond acceptors (Lipinski definition) is 4. The number of H-pyrrole nitrogens is 1. The van der Waals surface area contributed by atoms with Gasteiger partial charge in [0.1, 0.15) is 0 Å². The van der Waals surface area contributed by atoms with Crippen LogP contribution >= 0.6 is 0 Å². The second kappa shape index (κ2) is 6.04. The molecule has 12 heavy (non-hydrogen) atoms. The van der Waals surface area contributed by atoms with Crippen molar-refractivity contribution in [3.63, 3.8) is 0 Å². The van der Waals surface area contributed by atoms with Crippen molar-refractivity contribution >= 4 is 16.5 Å². The Hall–Kier alpha value is -1.70. The molecule has 2 amide bonds.